The third-order valence-electron chi connectivity index (χ3n) is 3.85. The van der Waals surface area contributed by atoms with Crippen molar-refractivity contribution in [2.75, 3.05) is 28.4 Å². The molecule has 0 atom stereocenters. The normalized spacial score (nSPS) is 9.40. The fourth-order valence-corrected chi connectivity index (χ4v) is 2.85. The Balaban J connectivity index is 2.29. The monoisotopic (exact) mass is 446 g/mol. The van der Waals surface area contributed by atoms with Gasteiger partial charge in [0.15, 0.2) is 0 Å². The topological polar surface area (TPSA) is 71.1 Å². The molecule has 0 saturated carbocycles. The maximum absolute atomic E-state index is 12.4. The van der Waals surface area contributed by atoms with Crippen LogP contribution in [0, 0.1) is 23.7 Å². The van der Waals surface area contributed by atoms with Crippen molar-refractivity contribution in [1.82, 2.24) is 0 Å². The maximum Gasteiger partial charge on any atom is 0.240 e. The van der Waals surface area contributed by atoms with Crippen LogP contribution in [0.2, 0.25) is 10.0 Å². The molecule has 0 aliphatic heterocycles. The Morgan fingerprint density at radius 2 is 0.967 bits per heavy atom. The molecule has 8 heteroatoms. The Hall–Kier alpha value is -3.32. The Labute approximate surface area is 184 Å². The van der Waals surface area contributed by atoms with E-state index in [9.17, 15) is 9.59 Å². The van der Waals surface area contributed by atoms with Gasteiger partial charge in [-0.2, -0.15) is 0 Å². The van der Waals surface area contributed by atoms with Crippen LogP contribution in [-0.4, -0.2) is 40.0 Å². The predicted molar refractivity (Wildman–Crippen MR) is 113 cm³/mol. The summed E-state index contributed by atoms with van der Waals surface area (Å²) in [6.45, 7) is 0. The maximum atomic E-state index is 12.4. The van der Waals surface area contributed by atoms with Gasteiger partial charge in [0.2, 0.25) is 11.6 Å². The van der Waals surface area contributed by atoms with Gasteiger partial charge in [-0.25, -0.2) is 0 Å². The first-order valence-electron chi connectivity index (χ1n) is 8.30. The number of Topliss-reactive ketones (excluding diaryl/α,β-unsaturated/α-hetero) is 2. The highest BCUT2D eigenvalue weighted by Crippen LogP contribution is 2.33. The highest BCUT2D eigenvalue weighted by atomic mass is 35.5. The first-order chi connectivity index (χ1) is 14.4. The van der Waals surface area contributed by atoms with Crippen LogP contribution in [0.1, 0.15) is 20.7 Å². The van der Waals surface area contributed by atoms with E-state index >= 15 is 0 Å². The highest BCUT2D eigenvalue weighted by molar-refractivity contribution is 6.33. The molecule has 2 aromatic rings. The fraction of sp³-hybridized carbons (Fsp3) is 0.182. The average molecular weight is 447 g/mol. The van der Waals surface area contributed by atoms with Crippen LogP contribution in [0.15, 0.2) is 24.3 Å². The zero-order chi connectivity index (χ0) is 22.3. The molecule has 0 aromatic heterocycles. The van der Waals surface area contributed by atoms with Crippen molar-refractivity contribution in [1.29, 1.82) is 0 Å². The largest absolute Gasteiger partial charge is 0.496 e. The molecular weight excluding hydrogens is 431 g/mol. The SMILES string of the molecule is COc1cc(C(=O)C#CC#CC(=O)c2cc(OC)c(Cl)cc2OC)c(OC)cc1Cl. The van der Waals surface area contributed by atoms with E-state index in [1.54, 1.807) is 0 Å². The van der Waals surface area contributed by atoms with Crippen LogP contribution in [0.4, 0.5) is 0 Å². The number of rotatable bonds is 6. The molecular formula is C22H16Cl2O6. The predicted octanol–water partition coefficient (Wildman–Crippen LogP) is 4.10. The summed E-state index contributed by atoms with van der Waals surface area (Å²) >= 11 is 12.0. The van der Waals surface area contributed by atoms with Gasteiger partial charge in [0.1, 0.15) is 23.0 Å². The molecule has 0 amide bonds. The van der Waals surface area contributed by atoms with Gasteiger partial charge < -0.3 is 18.9 Å². The zero-order valence-electron chi connectivity index (χ0n) is 16.5. The number of methoxy groups -OCH3 is 4. The second kappa shape index (κ2) is 10.5. The number of ketones is 2. The van der Waals surface area contributed by atoms with E-state index in [1.807, 2.05) is 0 Å². The van der Waals surface area contributed by atoms with Gasteiger partial charge in [0, 0.05) is 12.1 Å². The lowest BCUT2D eigenvalue weighted by molar-refractivity contribution is 0.104. The molecule has 2 aromatic carbocycles. The Bertz CT molecular complexity index is 1030. The van der Waals surface area contributed by atoms with Crippen LogP contribution in [0.5, 0.6) is 23.0 Å². The molecule has 30 heavy (non-hydrogen) atoms. The van der Waals surface area contributed by atoms with E-state index in [-0.39, 0.29) is 32.7 Å². The molecule has 0 aliphatic carbocycles. The molecule has 0 fully saturated rings. The van der Waals surface area contributed by atoms with E-state index in [0.717, 1.165) is 0 Å². The molecule has 0 saturated heterocycles. The third-order valence-corrected chi connectivity index (χ3v) is 4.44. The van der Waals surface area contributed by atoms with Gasteiger partial charge >= 0.3 is 0 Å². The number of benzene rings is 2. The summed E-state index contributed by atoms with van der Waals surface area (Å²) in [6, 6.07) is 5.73. The van der Waals surface area contributed by atoms with Gasteiger partial charge in [0.25, 0.3) is 0 Å². The van der Waals surface area contributed by atoms with E-state index in [2.05, 4.69) is 23.7 Å². The summed E-state index contributed by atoms with van der Waals surface area (Å²) in [5, 5.41) is 0.577. The molecule has 0 spiro atoms. The van der Waals surface area contributed by atoms with Gasteiger partial charge in [-0.15, -0.1) is 0 Å². The van der Waals surface area contributed by atoms with Crippen molar-refractivity contribution < 1.29 is 28.5 Å². The van der Waals surface area contributed by atoms with Gasteiger partial charge in [0.05, 0.1) is 49.6 Å². The molecule has 154 valence electrons. The number of carbonyl (C=O) groups is 2. The lowest BCUT2D eigenvalue weighted by Crippen LogP contribution is -2.01. The molecule has 0 bridgehead atoms. The minimum Gasteiger partial charge on any atom is -0.496 e. The second-order valence-corrected chi connectivity index (χ2v) is 6.35. The first kappa shape index (κ1) is 23.0. The van der Waals surface area contributed by atoms with Crippen LogP contribution >= 0.6 is 23.2 Å². The van der Waals surface area contributed by atoms with E-state index in [1.165, 1.54) is 52.7 Å². The Kier molecular flexibility index (Phi) is 8.00. The average Bonchev–Trinajstić information content (AvgIpc) is 2.75. The summed E-state index contributed by atoms with van der Waals surface area (Å²) < 4.78 is 20.5. The second-order valence-electron chi connectivity index (χ2n) is 5.53. The molecule has 0 N–H and O–H groups in total. The molecule has 6 nitrogen and oxygen atoms in total. The minimum atomic E-state index is -0.575. The standard InChI is InChI=1S/C22H16Cl2O6/c1-27-19-11-15(23)21(29-3)9-13(19)17(25)7-5-6-8-18(26)14-10-22(30-4)16(24)12-20(14)28-2/h9-12H,1-4H3. The molecule has 0 heterocycles. The van der Waals surface area contributed by atoms with Crippen LogP contribution < -0.4 is 18.9 Å². The van der Waals surface area contributed by atoms with Gasteiger partial charge in [-0.05, 0) is 35.8 Å². The summed E-state index contributed by atoms with van der Waals surface area (Å²) in [5.74, 6) is 9.32. The summed E-state index contributed by atoms with van der Waals surface area (Å²) in [4.78, 5) is 24.8. The molecule has 2 rings (SSSR count). The first-order valence-corrected chi connectivity index (χ1v) is 9.05. The van der Waals surface area contributed by atoms with Crippen molar-refractivity contribution in [3.8, 4) is 46.7 Å². The van der Waals surface area contributed by atoms with Crippen molar-refractivity contribution in [3.05, 3.63) is 45.4 Å². The molecule has 0 aliphatic rings. The van der Waals surface area contributed by atoms with Crippen LogP contribution in [0.3, 0.4) is 0 Å². The van der Waals surface area contributed by atoms with Crippen LogP contribution in [-0.2, 0) is 0 Å². The highest BCUT2D eigenvalue weighted by Gasteiger charge is 2.16. The number of hydrogen-bond acceptors (Lipinski definition) is 6. The van der Waals surface area contributed by atoms with Gasteiger partial charge in [-0.3, -0.25) is 9.59 Å². The Morgan fingerprint density at radius 1 is 0.633 bits per heavy atom. The lowest BCUT2D eigenvalue weighted by Gasteiger charge is -2.09. The summed E-state index contributed by atoms with van der Waals surface area (Å²) in [7, 11) is 5.64. The van der Waals surface area contributed by atoms with Crippen molar-refractivity contribution in [2.45, 2.75) is 0 Å². The van der Waals surface area contributed by atoms with Crippen molar-refractivity contribution in [2.24, 2.45) is 0 Å². The quantitative estimate of drug-likeness (QED) is 0.377. The van der Waals surface area contributed by atoms with E-state index in [0.29, 0.717) is 11.5 Å². The summed E-state index contributed by atoms with van der Waals surface area (Å²) in [6.07, 6.45) is 0. The third kappa shape index (κ3) is 5.18. The van der Waals surface area contributed by atoms with Crippen molar-refractivity contribution >= 4 is 34.8 Å². The number of hydrogen-bond donors (Lipinski definition) is 0. The Morgan fingerprint density at radius 3 is 1.27 bits per heavy atom. The van der Waals surface area contributed by atoms with Crippen LogP contribution in [0.25, 0.3) is 0 Å². The zero-order valence-corrected chi connectivity index (χ0v) is 18.0. The van der Waals surface area contributed by atoms with Gasteiger partial charge in [-0.1, -0.05) is 23.2 Å². The number of ether oxygens (including phenoxy) is 4. The number of halogens is 2. The minimum absolute atomic E-state index is 0.156. The molecule has 0 radical (unpaired) electrons. The number of carbonyl (C=O) groups excluding carboxylic acids is 2. The summed E-state index contributed by atoms with van der Waals surface area (Å²) in [5.41, 5.74) is 0.312. The fourth-order valence-electron chi connectivity index (χ4n) is 2.39. The lowest BCUT2D eigenvalue weighted by atomic mass is 10.1. The van der Waals surface area contributed by atoms with E-state index in [4.69, 9.17) is 42.1 Å². The molecule has 0 unspecified atom stereocenters. The smallest absolute Gasteiger partial charge is 0.240 e. The van der Waals surface area contributed by atoms with Crippen molar-refractivity contribution in [3.63, 3.8) is 0 Å². The van der Waals surface area contributed by atoms with E-state index < -0.39 is 11.6 Å².